The molecule has 2 aliphatic heterocycles. The smallest absolute Gasteiger partial charge is 0.228 e. The highest BCUT2D eigenvalue weighted by Gasteiger charge is 2.51. The molecule has 168 valence electrons. The van der Waals surface area contributed by atoms with Crippen LogP contribution in [-0.4, -0.2) is 45.9 Å². The first-order chi connectivity index (χ1) is 15.6. The topological polar surface area (TPSA) is 60.9 Å². The normalized spacial score (nSPS) is 30.3. The van der Waals surface area contributed by atoms with Crippen LogP contribution in [-0.2, 0) is 21.7 Å². The van der Waals surface area contributed by atoms with E-state index in [0.717, 1.165) is 36.8 Å². The molecular formula is C27H32N2O3. The van der Waals surface area contributed by atoms with Gasteiger partial charge in [0.15, 0.2) is 0 Å². The molecule has 0 radical (unpaired) electrons. The largest absolute Gasteiger partial charge is 0.385 e. The predicted octanol–water partition coefficient (Wildman–Crippen LogP) is 3.71. The minimum absolute atomic E-state index is 0.0495. The summed E-state index contributed by atoms with van der Waals surface area (Å²) in [6.45, 7) is 1.60. The van der Waals surface area contributed by atoms with Crippen molar-refractivity contribution in [2.75, 3.05) is 13.1 Å². The molecule has 2 aromatic carbocycles. The fourth-order valence-electron chi connectivity index (χ4n) is 6.17. The quantitative estimate of drug-likeness (QED) is 0.801. The monoisotopic (exact) mass is 432 g/mol. The predicted molar refractivity (Wildman–Crippen MR) is 122 cm³/mol. The highest BCUT2D eigenvalue weighted by Crippen LogP contribution is 2.47. The fraction of sp³-hybridized carbons (Fsp3) is 0.481. The third kappa shape index (κ3) is 3.83. The zero-order chi connectivity index (χ0) is 22.1. The van der Waals surface area contributed by atoms with E-state index in [1.165, 1.54) is 0 Å². The molecule has 0 bridgehead atoms. The number of likely N-dealkylation sites (tertiary alicyclic amines) is 2. The number of hydrogen-bond acceptors (Lipinski definition) is 3. The summed E-state index contributed by atoms with van der Waals surface area (Å²) < 4.78 is 0. The van der Waals surface area contributed by atoms with Gasteiger partial charge in [0.25, 0.3) is 0 Å². The second-order valence-corrected chi connectivity index (χ2v) is 9.69. The third-order valence-electron chi connectivity index (χ3n) is 7.81. The molecule has 2 amide bonds. The van der Waals surface area contributed by atoms with Gasteiger partial charge in [-0.15, -0.1) is 0 Å². The van der Waals surface area contributed by atoms with Crippen LogP contribution in [0, 0.1) is 11.8 Å². The average Bonchev–Trinajstić information content (AvgIpc) is 3.20. The van der Waals surface area contributed by atoms with Crippen molar-refractivity contribution >= 4 is 11.8 Å². The first-order valence-corrected chi connectivity index (χ1v) is 12.0. The number of aliphatic hydroxyl groups is 1. The van der Waals surface area contributed by atoms with Crippen LogP contribution in [0.3, 0.4) is 0 Å². The Labute approximate surface area is 190 Å². The number of hydrogen-bond donors (Lipinski definition) is 1. The van der Waals surface area contributed by atoms with Crippen molar-refractivity contribution < 1.29 is 14.7 Å². The molecule has 4 atom stereocenters. The van der Waals surface area contributed by atoms with Crippen molar-refractivity contribution in [2.45, 2.75) is 56.7 Å². The lowest BCUT2D eigenvalue weighted by molar-refractivity contribution is -0.158. The second kappa shape index (κ2) is 8.70. The Balaban J connectivity index is 1.32. The number of benzene rings is 2. The molecule has 4 unspecified atom stereocenters. The van der Waals surface area contributed by atoms with Crippen molar-refractivity contribution in [3.05, 3.63) is 71.8 Å². The van der Waals surface area contributed by atoms with Crippen molar-refractivity contribution in [3.63, 3.8) is 0 Å². The van der Waals surface area contributed by atoms with Crippen molar-refractivity contribution in [1.82, 2.24) is 9.80 Å². The van der Waals surface area contributed by atoms with Crippen molar-refractivity contribution in [2.24, 2.45) is 11.8 Å². The molecule has 0 spiro atoms. The summed E-state index contributed by atoms with van der Waals surface area (Å²) in [5.41, 5.74) is 1.18. The molecular weight excluding hydrogens is 400 g/mol. The lowest BCUT2D eigenvalue weighted by Gasteiger charge is -2.53. The lowest BCUT2D eigenvalue weighted by Crippen LogP contribution is -2.60. The minimum Gasteiger partial charge on any atom is -0.385 e. The fourth-order valence-corrected chi connectivity index (χ4v) is 6.17. The number of carbonyl (C=O) groups is 2. The van der Waals surface area contributed by atoms with Gasteiger partial charge in [0.1, 0.15) is 0 Å². The molecule has 1 N–H and O–H groups in total. The number of fused-ring (bicyclic) bond motifs is 1. The maximum Gasteiger partial charge on any atom is 0.228 e. The first kappa shape index (κ1) is 21.2. The molecule has 1 saturated carbocycles. The van der Waals surface area contributed by atoms with Crippen molar-refractivity contribution in [1.29, 1.82) is 0 Å². The molecule has 0 aromatic heterocycles. The van der Waals surface area contributed by atoms with Gasteiger partial charge >= 0.3 is 0 Å². The van der Waals surface area contributed by atoms with E-state index in [1.54, 1.807) is 0 Å². The van der Waals surface area contributed by atoms with E-state index in [-0.39, 0.29) is 29.7 Å². The van der Waals surface area contributed by atoms with Crippen LogP contribution in [0.1, 0.15) is 49.7 Å². The Hall–Kier alpha value is -2.66. The van der Waals surface area contributed by atoms with Crippen LogP contribution in [0.5, 0.6) is 0 Å². The van der Waals surface area contributed by atoms with Crippen molar-refractivity contribution in [3.8, 4) is 0 Å². The number of nitrogens with zero attached hydrogens (tertiary/aromatic N) is 2. The molecule has 2 aromatic rings. The van der Waals surface area contributed by atoms with Crippen LogP contribution in [0.2, 0.25) is 0 Å². The van der Waals surface area contributed by atoms with Crippen LogP contribution in [0.15, 0.2) is 60.7 Å². The third-order valence-corrected chi connectivity index (χ3v) is 7.81. The Morgan fingerprint density at radius 3 is 2.44 bits per heavy atom. The van der Waals surface area contributed by atoms with Crippen LogP contribution in [0.25, 0.3) is 0 Å². The molecule has 5 heteroatoms. The minimum atomic E-state index is -0.881. The Morgan fingerprint density at radius 2 is 1.69 bits per heavy atom. The SMILES string of the molecule is O=C1CC(C(=O)N2CCC(O)(c3ccccc3)C3CCCCC32)CN1Cc1ccccc1. The molecule has 1 aliphatic carbocycles. The first-order valence-electron chi connectivity index (χ1n) is 12.0. The highest BCUT2D eigenvalue weighted by molar-refractivity contribution is 5.89. The van der Waals surface area contributed by atoms with Crippen LogP contribution >= 0.6 is 0 Å². The van der Waals surface area contributed by atoms with E-state index in [2.05, 4.69) is 0 Å². The van der Waals surface area contributed by atoms with E-state index >= 15 is 0 Å². The van der Waals surface area contributed by atoms with E-state index < -0.39 is 5.60 Å². The highest BCUT2D eigenvalue weighted by atomic mass is 16.3. The van der Waals surface area contributed by atoms with Gasteiger partial charge in [-0.25, -0.2) is 0 Å². The maximum atomic E-state index is 13.6. The molecule has 2 heterocycles. The number of piperidine rings is 1. The van der Waals surface area contributed by atoms with E-state index in [4.69, 9.17) is 0 Å². The maximum absolute atomic E-state index is 13.6. The van der Waals surface area contributed by atoms with E-state index in [9.17, 15) is 14.7 Å². The van der Waals surface area contributed by atoms with Crippen LogP contribution < -0.4 is 0 Å². The van der Waals surface area contributed by atoms with Gasteiger partial charge in [-0.05, 0) is 30.4 Å². The van der Waals surface area contributed by atoms with E-state index in [0.29, 0.717) is 32.5 Å². The van der Waals surface area contributed by atoms with Gasteiger partial charge in [0.2, 0.25) is 11.8 Å². The van der Waals surface area contributed by atoms with Gasteiger partial charge in [0, 0.05) is 38.0 Å². The molecule has 3 fully saturated rings. The molecule has 5 nitrogen and oxygen atoms in total. The summed E-state index contributed by atoms with van der Waals surface area (Å²) in [4.78, 5) is 30.1. The summed E-state index contributed by atoms with van der Waals surface area (Å²) in [6.07, 6.45) is 4.88. The van der Waals surface area contributed by atoms with Gasteiger partial charge in [-0.3, -0.25) is 9.59 Å². The van der Waals surface area contributed by atoms with E-state index in [1.807, 2.05) is 70.5 Å². The molecule has 32 heavy (non-hydrogen) atoms. The number of rotatable bonds is 4. The molecule has 2 saturated heterocycles. The Bertz CT molecular complexity index is 963. The van der Waals surface area contributed by atoms with Gasteiger partial charge in [0.05, 0.1) is 11.5 Å². The summed E-state index contributed by atoms with van der Waals surface area (Å²) >= 11 is 0. The lowest BCUT2D eigenvalue weighted by atomic mass is 9.66. The molecule has 3 aliphatic rings. The summed E-state index contributed by atoms with van der Waals surface area (Å²) in [7, 11) is 0. The summed E-state index contributed by atoms with van der Waals surface area (Å²) in [5.74, 6) is -0.0725. The average molecular weight is 433 g/mol. The zero-order valence-corrected chi connectivity index (χ0v) is 18.5. The summed E-state index contributed by atoms with van der Waals surface area (Å²) in [5, 5.41) is 11.8. The number of carbonyl (C=O) groups excluding carboxylic acids is 2. The Kier molecular flexibility index (Phi) is 5.76. The zero-order valence-electron chi connectivity index (χ0n) is 18.5. The van der Waals surface area contributed by atoms with Gasteiger partial charge < -0.3 is 14.9 Å². The second-order valence-electron chi connectivity index (χ2n) is 9.69. The van der Waals surface area contributed by atoms with Gasteiger partial charge in [-0.2, -0.15) is 0 Å². The Morgan fingerprint density at radius 1 is 1.00 bits per heavy atom. The standard InChI is InChI=1S/C27H32N2O3/c30-25-17-21(19-28(25)18-20-9-3-1-4-10-20)26(31)29-16-15-27(32,22-11-5-2-6-12-22)23-13-7-8-14-24(23)29/h1-6,9-12,21,23-24,32H,7-8,13-19H2. The van der Waals surface area contributed by atoms with Crippen LogP contribution in [0.4, 0.5) is 0 Å². The number of amides is 2. The van der Waals surface area contributed by atoms with Gasteiger partial charge in [-0.1, -0.05) is 73.5 Å². The molecule has 5 rings (SSSR count). The summed E-state index contributed by atoms with van der Waals surface area (Å²) in [6, 6.07) is 20.0.